The lowest BCUT2D eigenvalue weighted by Crippen LogP contribution is -2.08. The van der Waals surface area contributed by atoms with E-state index in [0.717, 1.165) is 12.1 Å². The molecule has 0 aliphatic heterocycles. The van der Waals surface area contributed by atoms with Crippen LogP contribution in [0.2, 0.25) is 0 Å². The standard InChI is InChI=1S/C7H8FNO4S/c1-9-6-3-2-5(8)4-7(6)13-14(10,11)12/h2-4,9H,1H3,(H,10,11,12). The van der Waals surface area contributed by atoms with Crippen molar-refractivity contribution in [1.82, 2.24) is 0 Å². The molecule has 14 heavy (non-hydrogen) atoms. The summed E-state index contributed by atoms with van der Waals surface area (Å²) in [6, 6.07) is 3.26. The van der Waals surface area contributed by atoms with Gasteiger partial charge in [0.15, 0.2) is 5.75 Å². The summed E-state index contributed by atoms with van der Waals surface area (Å²) >= 11 is 0. The molecule has 78 valence electrons. The van der Waals surface area contributed by atoms with E-state index in [1.165, 1.54) is 13.1 Å². The van der Waals surface area contributed by atoms with Crippen molar-refractivity contribution in [3.63, 3.8) is 0 Å². The first-order valence-corrected chi connectivity index (χ1v) is 4.93. The molecule has 1 aromatic rings. The number of hydrogen-bond acceptors (Lipinski definition) is 4. The van der Waals surface area contributed by atoms with Crippen LogP contribution in [0.3, 0.4) is 0 Å². The van der Waals surface area contributed by atoms with Crippen molar-refractivity contribution < 1.29 is 21.5 Å². The van der Waals surface area contributed by atoms with Gasteiger partial charge in [0.25, 0.3) is 0 Å². The Labute approximate surface area is 80.5 Å². The second-order valence-electron chi connectivity index (χ2n) is 2.40. The van der Waals surface area contributed by atoms with Crippen molar-refractivity contribution in [2.24, 2.45) is 0 Å². The molecule has 0 atom stereocenters. The van der Waals surface area contributed by atoms with Gasteiger partial charge in [-0.3, -0.25) is 4.55 Å². The molecule has 0 aliphatic carbocycles. The van der Waals surface area contributed by atoms with Crippen LogP contribution >= 0.6 is 0 Å². The quantitative estimate of drug-likeness (QED) is 0.746. The van der Waals surface area contributed by atoms with Crippen LogP contribution in [-0.2, 0) is 10.4 Å². The molecular weight excluding hydrogens is 213 g/mol. The molecule has 0 amide bonds. The number of anilines is 1. The molecule has 0 saturated carbocycles. The van der Waals surface area contributed by atoms with Gasteiger partial charge in [-0.2, -0.15) is 8.42 Å². The van der Waals surface area contributed by atoms with E-state index in [1.54, 1.807) is 0 Å². The fourth-order valence-electron chi connectivity index (χ4n) is 0.885. The highest BCUT2D eigenvalue weighted by Crippen LogP contribution is 2.25. The predicted molar refractivity (Wildman–Crippen MR) is 48.1 cm³/mol. The van der Waals surface area contributed by atoms with E-state index in [1.807, 2.05) is 0 Å². The van der Waals surface area contributed by atoms with Crippen LogP contribution in [0.15, 0.2) is 18.2 Å². The van der Waals surface area contributed by atoms with E-state index in [2.05, 4.69) is 9.50 Å². The maximum absolute atomic E-state index is 12.7. The van der Waals surface area contributed by atoms with Crippen LogP contribution in [-0.4, -0.2) is 20.0 Å². The smallest absolute Gasteiger partial charge is 0.385 e. The number of rotatable bonds is 3. The van der Waals surface area contributed by atoms with Gasteiger partial charge in [0.05, 0.1) is 5.69 Å². The zero-order valence-electron chi connectivity index (χ0n) is 7.19. The zero-order valence-corrected chi connectivity index (χ0v) is 8.01. The lowest BCUT2D eigenvalue weighted by Gasteiger charge is -2.07. The summed E-state index contributed by atoms with van der Waals surface area (Å²) in [6.07, 6.45) is 0. The first-order valence-electron chi connectivity index (χ1n) is 3.56. The minimum absolute atomic E-state index is 0.254. The van der Waals surface area contributed by atoms with Gasteiger partial charge in [0.1, 0.15) is 5.82 Å². The number of benzene rings is 1. The summed E-state index contributed by atoms with van der Waals surface area (Å²) < 4.78 is 45.9. The van der Waals surface area contributed by atoms with E-state index >= 15 is 0 Å². The maximum Gasteiger partial charge on any atom is 0.446 e. The molecule has 1 rings (SSSR count). The van der Waals surface area contributed by atoms with Crippen molar-refractivity contribution >= 4 is 16.1 Å². The third-order valence-electron chi connectivity index (χ3n) is 1.41. The average Bonchev–Trinajstić information content (AvgIpc) is 2.01. The third-order valence-corrected chi connectivity index (χ3v) is 1.80. The van der Waals surface area contributed by atoms with Gasteiger partial charge >= 0.3 is 10.4 Å². The second kappa shape index (κ2) is 3.81. The highest BCUT2D eigenvalue weighted by molar-refractivity contribution is 7.81. The van der Waals surface area contributed by atoms with E-state index in [4.69, 9.17) is 4.55 Å². The Kier molecular flexibility index (Phi) is 2.92. The Balaban J connectivity index is 3.11. The monoisotopic (exact) mass is 221 g/mol. The molecule has 0 spiro atoms. The Morgan fingerprint density at radius 3 is 2.64 bits per heavy atom. The predicted octanol–water partition coefficient (Wildman–Crippen LogP) is 1.05. The van der Waals surface area contributed by atoms with E-state index in [0.29, 0.717) is 0 Å². The summed E-state index contributed by atoms with van der Waals surface area (Å²) in [5.41, 5.74) is 0.254. The summed E-state index contributed by atoms with van der Waals surface area (Å²) in [5.74, 6) is -0.961. The first kappa shape index (κ1) is 10.7. The molecule has 1 aromatic carbocycles. The van der Waals surface area contributed by atoms with Crippen molar-refractivity contribution in [1.29, 1.82) is 0 Å². The fraction of sp³-hybridized carbons (Fsp3) is 0.143. The van der Waals surface area contributed by atoms with Crippen molar-refractivity contribution in [2.75, 3.05) is 12.4 Å². The van der Waals surface area contributed by atoms with Gasteiger partial charge < -0.3 is 9.50 Å². The highest BCUT2D eigenvalue weighted by Gasteiger charge is 2.11. The Hall–Kier alpha value is -1.34. The van der Waals surface area contributed by atoms with Crippen molar-refractivity contribution in [3.8, 4) is 5.75 Å². The van der Waals surface area contributed by atoms with Crippen molar-refractivity contribution in [3.05, 3.63) is 24.0 Å². The van der Waals surface area contributed by atoms with Gasteiger partial charge in [-0.05, 0) is 12.1 Å². The minimum Gasteiger partial charge on any atom is -0.385 e. The van der Waals surface area contributed by atoms with E-state index in [9.17, 15) is 12.8 Å². The van der Waals surface area contributed by atoms with Gasteiger partial charge in [-0.25, -0.2) is 4.39 Å². The first-order chi connectivity index (χ1) is 6.42. The molecule has 0 aliphatic rings. The maximum atomic E-state index is 12.7. The summed E-state index contributed by atoms with van der Waals surface area (Å²) in [7, 11) is -3.13. The molecule has 0 bridgehead atoms. The number of hydrogen-bond donors (Lipinski definition) is 2. The van der Waals surface area contributed by atoms with Crippen LogP contribution in [0.5, 0.6) is 5.75 Å². The van der Waals surface area contributed by atoms with Crippen molar-refractivity contribution in [2.45, 2.75) is 0 Å². The van der Waals surface area contributed by atoms with Crippen LogP contribution in [0.4, 0.5) is 10.1 Å². The molecular formula is C7H8FNO4S. The van der Waals surface area contributed by atoms with Gasteiger partial charge in [-0.1, -0.05) is 0 Å². The van der Waals surface area contributed by atoms with E-state index in [-0.39, 0.29) is 11.4 Å². The van der Waals surface area contributed by atoms with E-state index < -0.39 is 16.2 Å². The highest BCUT2D eigenvalue weighted by atomic mass is 32.3. The lowest BCUT2D eigenvalue weighted by molar-refractivity contribution is 0.386. The van der Waals surface area contributed by atoms with Gasteiger partial charge in [0.2, 0.25) is 0 Å². The second-order valence-corrected chi connectivity index (χ2v) is 3.42. The summed E-state index contributed by atoms with van der Waals surface area (Å²) in [6.45, 7) is 0. The number of nitrogens with one attached hydrogen (secondary N) is 1. The molecule has 5 nitrogen and oxygen atoms in total. The SMILES string of the molecule is CNc1ccc(F)cc1OS(=O)(=O)O. The summed E-state index contributed by atoms with van der Waals surface area (Å²) in [4.78, 5) is 0. The molecule has 0 heterocycles. The van der Waals surface area contributed by atoms with Gasteiger partial charge in [-0.15, -0.1) is 0 Å². The molecule has 7 heteroatoms. The Morgan fingerprint density at radius 2 is 2.14 bits per heavy atom. The van der Waals surface area contributed by atoms with Gasteiger partial charge in [0, 0.05) is 13.1 Å². The van der Waals surface area contributed by atoms with Crippen LogP contribution in [0.25, 0.3) is 0 Å². The third kappa shape index (κ3) is 2.86. The lowest BCUT2D eigenvalue weighted by atomic mass is 10.3. The zero-order chi connectivity index (χ0) is 10.8. The molecule has 0 radical (unpaired) electrons. The molecule has 0 saturated heterocycles. The summed E-state index contributed by atoms with van der Waals surface area (Å²) in [5, 5.41) is 2.58. The van der Waals surface area contributed by atoms with Crippen LogP contribution in [0.1, 0.15) is 0 Å². The Bertz CT molecular complexity index is 431. The normalized spacial score (nSPS) is 11.1. The molecule has 0 aromatic heterocycles. The minimum atomic E-state index is -4.63. The molecule has 0 fully saturated rings. The molecule has 2 N–H and O–H groups in total. The fourth-order valence-corrected chi connectivity index (χ4v) is 1.25. The number of halogens is 1. The van der Waals surface area contributed by atoms with Crippen LogP contribution < -0.4 is 9.50 Å². The topological polar surface area (TPSA) is 75.6 Å². The Morgan fingerprint density at radius 1 is 1.50 bits per heavy atom. The average molecular weight is 221 g/mol. The molecule has 0 unspecified atom stereocenters. The largest absolute Gasteiger partial charge is 0.446 e. The van der Waals surface area contributed by atoms with Crippen LogP contribution in [0, 0.1) is 5.82 Å².